The summed E-state index contributed by atoms with van der Waals surface area (Å²) in [4.78, 5) is 16.6. The van der Waals surface area contributed by atoms with Crippen molar-refractivity contribution in [3.05, 3.63) is 43.0 Å². The highest BCUT2D eigenvalue weighted by molar-refractivity contribution is 5.94. The number of amides is 1. The van der Waals surface area contributed by atoms with Crippen LogP contribution in [0.5, 0.6) is 5.75 Å². The van der Waals surface area contributed by atoms with E-state index in [2.05, 4.69) is 10.3 Å². The van der Waals surface area contributed by atoms with Crippen LogP contribution in [0.4, 0.5) is 5.69 Å². The molecule has 6 nitrogen and oxygen atoms in total. The predicted octanol–water partition coefficient (Wildman–Crippen LogP) is 3.12. The Labute approximate surface area is 166 Å². The fourth-order valence-corrected chi connectivity index (χ4v) is 3.27. The second-order valence-electron chi connectivity index (χ2n) is 6.17. The molecule has 26 heavy (non-hydrogen) atoms. The van der Waals surface area contributed by atoms with Gasteiger partial charge in [0.2, 0.25) is 5.91 Å². The first-order chi connectivity index (χ1) is 11.8. The number of rotatable bonds is 7. The Bertz CT molecular complexity index is 667. The van der Waals surface area contributed by atoms with Crippen LogP contribution in [-0.4, -0.2) is 28.6 Å². The van der Waals surface area contributed by atoms with Crippen molar-refractivity contribution in [1.82, 2.24) is 9.55 Å². The first-order valence-electron chi connectivity index (χ1n) is 8.46. The Morgan fingerprint density at radius 2 is 2.12 bits per heavy atom. The van der Waals surface area contributed by atoms with Gasteiger partial charge in [0, 0.05) is 18.3 Å². The lowest BCUT2D eigenvalue weighted by atomic mass is 9.95. The van der Waals surface area contributed by atoms with Gasteiger partial charge in [-0.15, -0.1) is 24.8 Å². The minimum atomic E-state index is 0. The van der Waals surface area contributed by atoms with E-state index in [1.54, 1.807) is 12.5 Å². The first kappa shape index (κ1) is 22.3. The van der Waals surface area contributed by atoms with Crippen molar-refractivity contribution in [2.24, 2.45) is 17.6 Å². The molecule has 144 valence electrons. The SMILES string of the molecule is Cl.Cl.NC[C@H]1CCC[C@H]1C(=O)Nc1ccccc1OCCn1ccnc1. The van der Waals surface area contributed by atoms with Gasteiger partial charge >= 0.3 is 0 Å². The molecule has 1 fully saturated rings. The van der Waals surface area contributed by atoms with E-state index >= 15 is 0 Å². The monoisotopic (exact) mass is 400 g/mol. The highest BCUT2D eigenvalue weighted by Crippen LogP contribution is 2.33. The highest BCUT2D eigenvalue weighted by Gasteiger charge is 2.32. The Morgan fingerprint density at radius 3 is 2.85 bits per heavy atom. The third-order valence-electron chi connectivity index (χ3n) is 4.61. The van der Waals surface area contributed by atoms with Crippen molar-refractivity contribution in [3.8, 4) is 5.75 Å². The van der Waals surface area contributed by atoms with Crippen LogP contribution < -0.4 is 15.8 Å². The van der Waals surface area contributed by atoms with Crippen molar-refractivity contribution < 1.29 is 9.53 Å². The summed E-state index contributed by atoms with van der Waals surface area (Å²) in [5.74, 6) is 1.04. The largest absolute Gasteiger partial charge is 0.490 e. The maximum absolute atomic E-state index is 12.6. The van der Waals surface area contributed by atoms with Crippen LogP contribution in [-0.2, 0) is 11.3 Å². The molecule has 1 aliphatic carbocycles. The third kappa shape index (κ3) is 5.62. The number of nitrogens with zero attached hydrogens (tertiary/aromatic N) is 2. The number of carbonyl (C=O) groups is 1. The smallest absolute Gasteiger partial charge is 0.227 e. The molecular formula is C18H26Cl2N4O2. The number of nitrogens with one attached hydrogen (secondary N) is 1. The third-order valence-corrected chi connectivity index (χ3v) is 4.61. The lowest BCUT2D eigenvalue weighted by Crippen LogP contribution is -2.29. The van der Waals surface area contributed by atoms with Crippen LogP contribution in [0.3, 0.4) is 0 Å². The van der Waals surface area contributed by atoms with Crippen LogP contribution in [0.15, 0.2) is 43.0 Å². The van der Waals surface area contributed by atoms with E-state index in [0.717, 1.165) is 24.9 Å². The van der Waals surface area contributed by atoms with Gasteiger partial charge in [0.25, 0.3) is 0 Å². The Hall–Kier alpha value is -1.76. The van der Waals surface area contributed by atoms with Crippen molar-refractivity contribution >= 4 is 36.4 Å². The Balaban J connectivity index is 0.00000169. The number of aromatic nitrogens is 2. The summed E-state index contributed by atoms with van der Waals surface area (Å²) in [5, 5.41) is 3.02. The molecule has 3 rings (SSSR count). The van der Waals surface area contributed by atoms with Crippen LogP contribution in [0, 0.1) is 11.8 Å². The fraction of sp³-hybridized carbons (Fsp3) is 0.444. The molecule has 1 amide bonds. The van der Waals surface area contributed by atoms with Crippen LogP contribution in [0.1, 0.15) is 19.3 Å². The van der Waals surface area contributed by atoms with Gasteiger partial charge in [0.15, 0.2) is 0 Å². The van der Waals surface area contributed by atoms with Crippen LogP contribution in [0.25, 0.3) is 0 Å². The molecule has 0 bridgehead atoms. The number of hydrogen-bond donors (Lipinski definition) is 2. The molecule has 1 saturated carbocycles. The molecule has 1 aliphatic rings. The van der Waals surface area contributed by atoms with E-state index < -0.39 is 0 Å². The molecule has 0 unspecified atom stereocenters. The zero-order chi connectivity index (χ0) is 16.8. The quantitative estimate of drug-likeness (QED) is 0.747. The Morgan fingerprint density at radius 1 is 1.31 bits per heavy atom. The zero-order valence-electron chi connectivity index (χ0n) is 14.5. The average Bonchev–Trinajstić information content (AvgIpc) is 3.27. The van der Waals surface area contributed by atoms with E-state index in [9.17, 15) is 4.79 Å². The van der Waals surface area contributed by atoms with E-state index in [4.69, 9.17) is 10.5 Å². The summed E-state index contributed by atoms with van der Waals surface area (Å²) >= 11 is 0. The normalized spacial score (nSPS) is 18.5. The molecule has 2 aromatic rings. The van der Waals surface area contributed by atoms with Crippen molar-refractivity contribution in [2.45, 2.75) is 25.8 Å². The summed E-state index contributed by atoms with van der Waals surface area (Å²) in [6.45, 7) is 1.79. The standard InChI is InChI=1S/C18H24N4O2.2ClH/c19-12-14-4-3-5-15(14)18(23)21-16-6-1-2-7-17(16)24-11-10-22-9-8-20-13-22;;/h1-2,6-9,13-15H,3-5,10-12,19H2,(H,21,23);2*1H/t14-,15-;;/m1../s1. The van der Waals surface area contributed by atoms with Gasteiger partial charge in [-0.25, -0.2) is 4.98 Å². The molecule has 1 heterocycles. The van der Waals surface area contributed by atoms with E-state index in [1.165, 1.54) is 0 Å². The molecule has 0 spiro atoms. The second-order valence-corrected chi connectivity index (χ2v) is 6.17. The number of carbonyl (C=O) groups excluding carboxylic acids is 1. The van der Waals surface area contributed by atoms with Gasteiger partial charge in [0.1, 0.15) is 12.4 Å². The molecule has 8 heteroatoms. The molecule has 2 atom stereocenters. The molecule has 0 saturated heterocycles. The number of para-hydroxylation sites is 2. The summed E-state index contributed by atoms with van der Waals surface area (Å²) in [7, 11) is 0. The van der Waals surface area contributed by atoms with Crippen LogP contribution in [0.2, 0.25) is 0 Å². The first-order valence-corrected chi connectivity index (χ1v) is 8.46. The van der Waals surface area contributed by atoms with Gasteiger partial charge in [-0.3, -0.25) is 4.79 Å². The number of nitrogens with two attached hydrogens (primary N) is 1. The summed E-state index contributed by atoms with van der Waals surface area (Å²) < 4.78 is 7.79. The van der Waals surface area contributed by atoms with Crippen molar-refractivity contribution in [3.63, 3.8) is 0 Å². The summed E-state index contributed by atoms with van der Waals surface area (Å²) in [6.07, 6.45) is 8.41. The van der Waals surface area contributed by atoms with Gasteiger partial charge < -0.3 is 20.4 Å². The van der Waals surface area contributed by atoms with Gasteiger partial charge in [-0.05, 0) is 37.4 Å². The van der Waals surface area contributed by atoms with E-state index in [-0.39, 0.29) is 36.6 Å². The average molecular weight is 401 g/mol. The number of imidazole rings is 1. The number of benzene rings is 1. The minimum Gasteiger partial charge on any atom is -0.490 e. The number of halogens is 2. The predicted molar refractivity (Wildman–Crippen MR) is 107 cm³/mol. The molecular weight excluding hydrogens is 375 g/mol. The highest BCUT2D eigenvalue weighted by atomic mass is 35.5. The van der Waals surface area contributed by atoms with Crippen molar-refractivity contribution in [1.29, 1.82) is 0 Å². The zero-order valence-corrected chi connectivity index (χ0v) is 16.2. The topological polar surface area (TPSA) is 82.2 Å². The molecule has 1 aromatic carbocycles. The van der Waals surface area contributed by atoms with Crippen LogP contribution >= 0.6 is 24.8 Å². The van der Waals surface area contributed by atoms with E-state index in [0.29, 0.717) is 31.4 Å². The van der Waals surface area contributed by atoms with Gasteiger partial charge in [-0.1, -0.05) is 18.6 Å². The fourth-order valence-electron chi connectivity index (χ4n) is 3.27. The lowest BCUT2D eigenvalue weighted by Gasteiger charge is -2.19. The number of ether oxygens (including phenoxy) is 1. The molecule has 1 aromatic heterocycles. The number of hydrogen-bond acceptors (Lipinski definition) is 4. The van der Waals surface area contributed by atoms with E-state index in [1.807, 2.05) is 35.0 Å². The Kier molecular flexibility index (Phi) is 9.48. The summed E-state index contributed by atoms with van der Waals surface area (Å²) in [5.41, 5.74) is 6.50. The van der Waals surface area contributed by atoms with Gasteiger partial charge in [-0.2, -0.15) is 0 Å². The molecule has 0 radical (unpaired) electrons. The maximum atomic E-state index is 12.6. The number of anilines is 1. The van der Waals surface area contributed by atoms with Crippen molar-refractivity contribution in [2.75, 3.05) is 18.5 Å². The maximum Gasteiger partial charge on any atom is 0.227 e. The molecule has 0 aliphatic heterocycles. The lowest BCUT2D eigenvalue weighted by molar-refractivity contribution is -0.120. The second kappa shape index (κ2) is 11.1. The minimum absolute atomic E-state index is 0. The summed E-state index contributed by atoms with van der Waals surface area (Å²) in [6, 6.07) is 7.54. The molecule has 3 N–H and O–H groups in total. The van der Waals surface area contributed by atoms with Gasteiger partial charge in [0.05, 0.1) is 18.6 Å².